The summed E-state index contributed by atoms with van der Waals surface area (Å²) >= 11 is 0. The average Bonchev–Trinajstić information content (AvgIpc) is 2.02. The van der Waals surface area contributed by atoms with Crippen molar-refractivity contribution in [3.63, 3.8) is 0 Å². The summed E-state index contributed by atoms with van der Waals surface area (Å²) in [5.41, 5.74) is 5.23. The number of ether oxygens (including phenoxy) is 1. The fourth-order valence-corrected chi connectivity index (χ4v) is 0.860. The number of esters is 1. The summed E-state index contributed by atoms with van der Waals surface area (Å²) < 4.78 is 40.6. The van der Waals surface area contributed by atoms with E-state index in [0.717, 1.165) is 6.92 Å². The van der Waals surface area contributed by atoms with E-state index in [9.17, 15) is 18.0 Å². The Morgan fingerprint density at radius 2 is 1.93 bits per heavy atom. The van der Waals surface area contributed by atoms with Crippen LogP contribution in [0, 0.1) is 5.92 Å². The maximum atomic E-state index is 12.1. The SMILES string of the molecule is CCOC(=O)C(N)CC(C)C(F)(F)F.Cl. The number of carbonyl (C=O) groups excluding carboxylic acids is 1. The molecule has 0 aliphatic carbocycles. The molecule has 7 heteroatoms. The summed E-state index contributed by atoms with van der Waals surface area (Å²) in [6.07, 6.45) is -4.76. The van der Waals surface area contributed by atoms with Crippen LogP contribution < -0.4 is 5.73 Å². The van der Waals surface area contributed by atoms with E-state index in [1.165, 1.54) is 0 Å². The Hall–Kier alpha value is -0.490. The molecule has 15 heavy (non-hydrogen) atoms. The molecule has 0 aromatic carbocycles. The normalized spacial score (nSPS) is 15.1. The smallest absolute Gasteiger partial charge is 0.391 e. The molecule has 0 aromatic rings. The molecule has 0 heterocycles. The molecule has 0 fully saturated rings. The minimum absolute atomic E-state index is 0. The third-order valence-electron chi connectivity index (χ3n) is 1.76. The molecule has 2 N–H and O–H groups in total. The van der Waals surface area contributed by atoms with Crippen LogP contribution in [0.4, 0.5) is 13.2 Å². The Bertz CT molecular complexity index is 199. The number of nitrogens with two attached hydrogens (primary N) is 1. The first-order valence-corrected chi connectivity index (χ1v) is 4.28. The van der Waals surface area contributed by atoms with E-state index in [1.54, 1.807) is 6.92 Å². The zero-order chi connectivity index (χ0) is 11.4. The van der Waals surface area contributed by atoms with Crippen molar-refractivity contribution in [2.75, 3.05) is 6.61 Å². The lowest BCUT2D eigenvalue weighted by Crippen LogP contribution is -2.37. The molecule has 2 atom stereocenters. The van der Waals surface area contributed by atoms with E-state index in [1.807, 2.05) is 0 Å². The van der Waals surface area contributed by atoms with Crippen molar-refractivity contribution in [1.29, 1.82) is 0 Å². The highest BCUT2D eigenvalue weighted by Gasteiger charge is 2.38. The molecule has 0 aliphatic heterocycles. The number of hydrogen-bond donors (Lipinski definition) is 1. The number of halogens is 4. The Morgan fingerprint density at radius 3 is 2.27 bits per heavy atom. The first kappa shape index (κ1) is 16.9. The maximum absolute atomic E-state index is 12.1. The fourth-order valence-electron chi connectivity index (χ4n) is 0.860. The van der Waals surface area contributed by atoms with Gasteiger partial charge in [-0.1, -0.05) is 6.92 Å². The van der Waals surface area contributed by atoms with Crippen molar-refractivity contribution >= 4 is 18.4 Å². The van der Waals surface area contributed by atoms with Crippen molar-refractivity contribution in [3.05, 3.63) is 0 Å². The van der Waals surface area contributed by atoms with Gasteiger partial charge >= 0.3 is 12.1 Å². The van der Waals surface area contributed by atoms with Crippen LogP contribution in [-0.4, -0.2) is 24.8 Å². The van der Waals surface area contributed by atoms with Gasteiger partial charge in [-0.3, -0.25) is 4.79 Å². The zero-order valence-electron chi connectivity index (χ0n) is 8.50. The Labute approximate surface area is 92.6 Å². The molecular formula is C8H15ClF3NO2. The average molecular weight is 250 g/mol. The van der Waals surface area contributed by atoms with Gasteiger partial charge in [0.05, 0.1) is 12.5 Å². The number of carbonyl (C=O) groups is 1. The zero-order valence-corrected chi connectivity index (χ0v) is 9.32. The molecule has 92 valence electrons. The highest BCUT2D eigenvalue weighted by molar-refractivity contribution is 5.85. The van der Waals surface area contributed by atoms with Crippen molar-refractivity contribution in [2.45, 2.75) is 32.5 Å². The predicted molar refractivity (Wildman–Crippen MR) is 51.7 cm³/mol. The molecule has 0 rings (SSSR count). The van der Waals surface area contributed by atoms with E-state index in [2.05, 4.69) is 4.74 Å². The standard InChI is InChI=1S/C8H14F3NO2.ClH/c1-3-14-7(13)6(12)4-5(2)8(9,10)11;/h5-6H,3-4,12H2,1-2H3;1H. The van der Waals surface area contributed by atoms with E-state index >= 15 is 0 Å². The second kappa shape index (κ2) is 6.90. The van der Waals surface area contributed by atoms with E-state index in [0.29, 0.717) is 0 Å². The molecular weight excluding hydrogens is 235 g/mol. The third kappa shape index (κ3) is 6.57. The Morgan fingerprint density at radius 1 is 1.47 bits per heavy atom. The summed E-state index contributed by atoms with van der Waals surface area (Å²) in [6, 6.07) is -1.20. The van der Waals surface area contributed by atoms with Gasteiger partial charge in [-0.05, 0) is 13.3 Å². The molecule has 0 spiro atoms. The van der Waals surface area contributed by atoms with E-state index in [4.69, 9.17) is 5.73 Å². The van der Waals surface area contributed by atoms with Crippen LogP contribution in [-0.2, 0) is 9.53 Å². The topological polar surface area (TPSA) is 52.3 Å². The van der Waals surface area contributed by atoms with Gasteiger partial charge in [0, 0.05) is 0 Å². The summed E-state index contributed by atoms with van der Waals surface area (Å²) in [7, 11) is 0. The summed E-state index contributed by atoms with van der Waals surface area (Å²) in [5.74, 6) is -2.38. The van der Waals surface area contributed by atoms with Crippen molar-refractivity contribution in [3.8, 4) is 0 Å². The lowest BCUT2D eigenvalue weighted by molar-refractivity contribution is -0.174. The van der Waals surface area contributed by atoms with Gasteiger partial charge in [-0.25, -0.2) is 0 Å². The molecule has 0 radical (unpaired) electrons. The van der Waals surface area contributed by atoms with Gasteiger partial charge in [0.15, 0.2) is 0 Å². The highest BCUT2D eigenvalue weighted by atomic mass is 35.5. The fraction of sp³-hybridized carbons (Fsp3) is 0.875. The molecule has 0 amide bonds. The van der Waals surface area contributed by atoms with Crippen LogP contribution in [0.3, 0.4) is 0 Å². The quantitative estimate of drug-likeness (QED) is 0.774. The van der Waals surface area contributed by atoms with Crippen LogP contribution in [0.2, 0.25) is 0 Å². The third-order valence-corrected chi connectivity index (χ3v) is 1.76. The first-order chi connectivity index (χ1) is 6.29. The Kier molecular flexibility index (Phi) is 7.78. The molecule has 0 aliphatic rings. The molecule has 0 aromatic heterocycles. The predicted octanol–water partition coefficient (Wildman–Crippen LogP) is 1.89. The van der Waals surface area contributed by atoms with E-state index < -0.39 is 30.5 Å². The van der Waals surface area contributed by atoms with Crippen LogP contribution in [0.15, 0.2) is 0 Å². The highest BCUT2D eigenvalue weighted by Crippen LogP contribution is 2.28. The van der Waals surface area contributed by atoms with Gasteiger partial charge in [-0.2, -0.15) is 13.2 Å². The number of hydrogen-bond acceptors (Lipinski definition) is 3. The van der Waals surface area contributed by atoms with Crippen molar-refractivity contribution in [1.82, 2.24) is 0 Å². The van der Waals surface area contributed by atoms with Gasteiger partial charge < -0.3 is 10.5 Å². The van der Waals surface area contributed by atoms with Crippen LogP contribution >= 0.6 is 12.4 Å². The second-order valence-electron chi connectivity index (χ2n) is 3.04. The van der Waals surface area contributed by atoms with Crippen LogP contribution in [0.1, 0.15) is 20.3 Å². The molecule has 0 bridgehead atoms. The first-order valence-electron chi connectivity index (χ1n) is 4.28. The lowest BCUT2D eigenvalue weighted by Gasteiger charge is -2.18. The minimum Gasteiger partial charge on any atom is -0.465 e. The lowest BCUT2D eigenvalue weighted by atomic mass is 10.0. The van der Waals surface area contributed by atoms with Crippen LogP contribution in [0.5, 0.6) is 0 Å². The molecule has 0 saturated heterocycles. The molecule has 3 nitrogen and oxygen atoms in total. The summed E-state index contributed by atoms with van der Waals surface area (Å²) in [5, 5.41) is 0. The molecule has 2 unspecified atom stereocenters. The largest absolute Gasteiger partial charge is 0.465 e. The number of rotatable bonds is 4. The minimum atomic E-state index is -4.32. The monoisotopic (exact) mass is 249 g/mol. The van der Waals surface area contributed by atoms with Gasteiger partial charge in [0.25, 0.3) is 0 Å². The summed E-state index contributed by atoms with van der Waals surface area (Å²) in [6.45, 7) is 2.67. The number of alkyl halides is 3. The van der Waals surface area contributed by atoms with Crippen molar-refractivity contribution in [2.24, 2.45) is 11.7 Å². The summed E-state index contributed by atoms with van der Waals surface area (Å²) in [4.78, 5) is 10.9. The molecule has 0 saturated carbocycles. The Balaban J connectivity index is 0. The van der Waals surface area contributed by atoms with Gasteiger partial charge in [-0.15, -0.1) is 12.4 Å². The van der Waals surface area contributed by atoms with E-state index in [-0.39, 0.29) is 19.0 Å². The second-order valence-corrected chi connectivity index (χ2v) is 3.04. The van der Waals surface area contributed by atoms with Gasteiger partial charge in [0.1, 0.15) is 6.04 Å². The van der Waals surface area contributed by atoms with Crippen LogP contribution in [0.25, 0.3) is 0 Å². The maximum Gasteiger partial charge on any atom is 0.391 e. The van der Waals surface area contributed by atoms with Gasteiger partial charge in [0.2, 0.25) is 0 Å². The van der Waals surface area contributed by atoms with Crippen molar-refractivity contribution < 1.29 is 22.7 Å².